The fourth-order valence-corrected chi connectivity index (χ4v) is 2.78. The zero-order valence-corrected chi connectivity index (χ0v) is 13.6. The molecule has 0 unspecified atom stereocenters. The Labute approximate surface area is 136 Å². The van der Waals surface area contributed by atoms with Crippen molar-refractivity contribution in [2.45, 2.75) is 39.2 Å². The van der Waals surface area contributed by atoms with E-state index in [4.69, 9.17) is 0 Å². The predicted octanol–water partition coefficient (Wildman–Crippen LogP) is 1.31. The predicted molar refractivity (Wildman–Crippen MR) is 86.0 cm³/mol. The molecule has 1 saturated heterocycles. The highest BCUT2D eigenvalue weighted by molar-refractivity contribution is 5.85. The van der Waals surface area contributed by atoms with Crippen LogP contribution in [0, 0.1) is 11.8 Å². The van der Waals surface area contributed by atoms with E-state index in [0.717, 1.165) is 18.9 Å². The smallest absolute Gasteiger partial charge is 0.326 e. The van der Waals surface area contributed by atoms with Crippen LogP contribution in [-0.2, 0) is 9.59 Å². The number of nitrogens with zero attached hydrogens (tertiary/aromatic N) is 3. The van der Waals surface area contributed by atoms with Crippen molar-refractivity contribution in [1.29, 1.82) is 0 Å². The summed E-state index contributed by atoms with van der Waals surface area (Å²) in [6.07, 6.45) is 7.08. The maximum Gasteiger partial charge on any atom is 0.326 e. The molecule has 2 atom stereocenters. The second kappa shape index (κ2) is 7.89. The first-order valence-electron chi connectivity index (χ1n) is 8.07. The molecule has 1 amide bonds. The number of hydrogen-bond acceptors (Lipinski definition) is 5. The number of nitrogens with one attached hydrogen (secondary N) is 1. The highest BCUT2D eigenvalue weighted by Gasteiger charge is 2.31. The van der Waals surface area contributed by atoms with Crippen molar-refractivity contribution >= 4 is 17.7 Å². The average molecular weight is 320 g/mol. The molecular weight excluding hydrogens is 296 g/mol. The number of amides is 1. The Bertz CT molecular complexity index is 529. The summed E-state index contributed by atoms with van der Waals surface area (Å²) in [4.78, 5) is 34.1. The lowest BCUT2D eigenvalue weighted by Gasteiger charge is -2.32. The standard InChI is InChI=1S/C16H24N4O3/c1-3-11(2)14(16(22)23)19-15(21)12-4-8-20(9-5-12)13-10-17-6-7-18-13/h6-7,10-12,14H,3-5,8-9H2,1-2H3,(H,19,21)(H,22,23)/t11-,14+/m0/s1. The lowest BCUT2D eigenvalue weighted by atomic mass is 9.93. The molecule has 1 aromatic rings. The lowest BCUT2D eigenvalue weighted by Crippen LogP contribution is -2.49. The Morgan fingerprint density at radius 1 is 1.39 bits per heavy atom. The largest absolute Gasteiger partial charge is 0.480 e. The van der Waals surface area contributed by atoms with E-state index in [1.165, 1.54) is 0 Å². The van der Waals surface area contributed by atoms with Crippen molar-refractivity contribution in [3.8, 4) is 0 Å². The Kier molecular flexibility index (Phi) is 5.90. The van der Waals surface area contributed by atoms with E-state index in [2.05, 4.69) is 20.2 Å². The van der Waals surface area contributed by atoms with Gasteiger partial charge in [0.05, 0.1) is 6.20 Å². The number of piperidine rings is 1. The third kappa shape index (κ3) is 4.40. The van der Waals surface area contributed by atoms with E-state index in [9.17, 15) is 14.7 Å². The topological polar surface area (TPSA) is 95.4 Å². The molecule has 0 aromatic carbocycles. The second-order valence-corrected chi connectivity index (χ2v) is 6.03. The van der Waals surface area contributed by atoms with Crippen LogP contribution in [0.5, 0.6) is 0 Å². The fraction of sp³-hybridized carbons (Fsp3) is 0.625. The highest BCUT2D eigenvalue weighted by atomic mass is 16.4. The van der Waals surface area contributed by atoms with Crippen molar-refractivity contribution in [2.75, 3.05) is 18.0 Å². The molecular formula is C16H24N4O3. The Morgan fingerprint density at radius 3 is 2.61 bits per heavy atom. The quantitative estimate of drug-likeness (QED) is 0.820. The van der Waals surface area contributed by atoms with Crippen LogP contribution in [-0.4, -0.2) is 46.1 Å². The molecule has 0 spiro atoms. The summed E-state index contributed by atoms with van der Waals surface area (Å²) in [6.45, 7) is 5.21. The molecule has 0 bridgehead atoms. The summed E-state index contributed by atoms with van der Waals surface area (Å²) in [5.74, 6) is -0.541. The van der Waals surface area contributed by atoms with Gasteiger partial charge in [0.15, 0.2) is 0 Å². The third-order valence-electron chi connectivity index (χ3n) is 4.52. The summed E-state index contributed by atoms with van der Waals surface area (Å²) in [7, 11) is 0. The van der Waals surface area contributed by atoms with Crippen molar-refractivity contribution in [3.63, 3.8) is 0 Å². The number of rotatable bonds is 6. The normalized spacial score (nSPS) is 18.3. The number of carboxylic acids is 1. The van der Waals surface area contributed by atoms with Gasteiger partial charge in [-0.25, -0.2) is 9.78 Å². The van der Waals surface area contributed by atoms with Crippen molar-refractivity contribution in [3.05, 3.63) is 18.6 Å². The highest BCUT2D eigenvalue weighted by Crippen LogP contribution is 2.21. The van der Waals surface area contributed by atoms with E-state index in [1.54, 1.807) is 18.6 Å². The van der Waals surface area contributed by atoms with Crippen molar-refractivity contribution in [2.24, 2.45) is 11.8 Å². The van der Waals surface area contributed by atoms with Crippen LogP contribution < -0.4 is 10.2 Å². The molecule has 1 aliphatic rings. The van der Waals surface area contributed by atoms with Crippen LogP contribution in [0.1, 0.15) is 33.1 Å². The maximum atomic E-state index is 12.4. The van der Waals surface area contributed by atoms with E-state index in [1.807, 2.05) is 13.8 Å². The first-order valence-corrected chi connectivity index (χ1v) is 8.07. The molecule has 2 N–H and O–H groups in total. The number of aromatic nitrogens is 2. The van der Waals surface area contributed by atoms with Gasteiger partial charge in [-0.2, -0.15) is 0 Å². The average Bonchev–Trinajstić information content (AvgIpc) is 2.59. The number of aliphatic carboxylic acids is 1. The number of anilines is 1. The Morgan fingerprint density at radius 2 is 2.09 bits per heavy atom. The first-order chi connectivity index (χ1) is 11.0. The van der Waals surface area contributed by atoms with E-state index < -0.39 is 12.0 Å². The van der Waals surface area contributed by atoms with Gasteiger partial charge < -0.3 is 15.3 Å². The molecule has 0 aliphatic carbocycles. The summed E-state index contributed by atoms with van der Waals surface area (Å²) < 4.78 is 0. The van der Waals surface area contributed by atoms with Gasteiger partial charge in [-0.1, -0.05) is 20.3 Å². The van der Waals surface area contributed by atoms with Crippen LogP contribution >= 0.6 is 0 Å². The van der Waals surface area contributed by atoms with E-state index >= 15 is 0 Å². The molecule has 1 aliphatic heterocycles. The van der Waals surface area contributed by atoms with Crippen molar-refractivity contribution in [1.82, 2.24) is 15.3 Å². The van der Waals surface area contributed by atoms with Gasteiger partial charge in [-0.3, -0.25) is 9.78 Å². The molecule has 2 rings (SSSR count). The SMILES string of the molecule is CC[C@H](C)[C@@H](NC(=O)C1CCN(c2cnccn2)CC1)C(=O)O. The molecule has 126 valence electrons. The minimum absolute atomic E-state index is 0.0869. The molecule has 7 nitrogen and oxygen atoms in total. The molecule has 1 aromatic heterocycles. The monoisotopic (exact) mass is 320 g/mol. The molecule has 1 fully saturated rings. The van der Waals surface area contributed by atoms with Gasteiger partial charge in [-0.05, 0) is 18.8 Å². The van der Waals surface area contributed by atoms with Gasteiger partial charge >= 0.3 is 5.97 Å². The van der Waals surface area contributed by atoms with Gasteiger partial charge in [0.1, 0.15) is 11.9 Å². The van der Waals surface area contributed by atoms with Gasteiger partial charge in [0.2, 0.25) is 5.91 Å². The summed E-state index contributed by atoms with van der Waals surface area (Å²) >= 11 is 0. The molecule has 7 heteroatoms. The lowest BCUT2D eigenvalue weighted by molar-refractivity contribution is -0.144. The van der Waals surface area contributed by atoms with Crippen molar-refractivity contribution < 1.29 is 14.7 Å². The first kappa shape index (κ1) is 17.2. The molecule has 2 heterocycles. The fourth-order valence-electron chi connectivity index (χ4n) is 2.78. The van der Waals surface area contributed by atoms with E-state index in [0.29, 0.717) is 19.3 Å². The Balaban J connectivity index is 1.89. The second-order valence-electron chi connectivity index (χ2n) is 6.03. The summed E-state index contributed by atoms with van der Waals surface area (Å²) in [5.41, 5.74) is 0. The van der Waals surface area contributed by atoms with Gasteiger partial charge in [-0.15, -0.1) is 0 Å². The number of carbonyl (C=O) groups is 2. The molecule has 23 heavy (non-hydrogen) atoms. The maximum absolute atomic E-state index is 12.4. The van der Waals surface area contributed by atoms with Crippen LogP contribution in [0.15, 0.2) is 18.6 Å². The molecule has 0 radical (unpaired) electrons. The van der Waals surface area contributed by atoms with Gasteiger partial charge in [0, 0.05) is 31.4 Å². The summed E-state index contributed by atoms with van der Waals surface area (Å²) in [5, 5.41) is 12.0. The number of carbonyl (C=O) groups excluding carboxylic acids is 1. The minimum atomic E-state index is -0.968. The number of hydrogen-bond donors (Lipinski definition) is 2. The number of carboxylic acid groups (broad SMARTS) is 1. The van der Waals surface area contributed by atoms with Crippen LogP contribution in [0.2, 0.25) is 0 Å². The summed E-state index contributed by atoms with van der Waals surface area (Å²) in [6, 6.07) is -0.814. The minimum Gasteiger partial charge on any atom is -0.480 e. The van der Waals surface area contributed by atoms with E-state index in [-0.39, 0.29) is 17.7 Å². The molecule has 0 saturated carbocycles. The zero-order valence-electron chi connectivity index (χ0n) is 13.6. The van der Waals surface area contributed by atoms with Gasteiger partial charge in [0.25, 0.3) is 0 Å². The Hall–Kier alpha value is -2.18. The zero-order chi connectivity index (χ0) is 16.8. The third-order valence-corrected chi connectivity index (χ3v) is 4.52. The van der Waals surface area contributed by atoms with Crippen LogP contribution in [0.25, 0.3) is 0 Å². The van der Waals surface area contributed by atoms with Crippen LogP contribution in [0.3, 0.4) is 0 Å². The van der Waals surface area contributed by atoms with Crippen LogP contribution in [0.4, 0.5) is 5.82 Å².